The van der Waals surface area contributed by atoms with E-state index in [1.165, 1.54) is 10.7 Å². The van der Waals surface area contributed by atoms with E-state index in [-0.39, 0.29) is 11.6 Å². The minimum atomic E-state index is -3.35. The van der Waals surface area contributed by atoms with Crippen molar-refractivity contribution in [2.45, 2.75) is 70.9 Å². The highest BCUT2D eigenvalue weighted by Gasteiger charge is 2.31. The van der Waals surface area contributed by atoms with Crippen LogP contribution in [0.1, 0.15) is 59.3 Å². The zero-order chi connectivity index (χ0) is 13.1. The zero-order valence-corrected chi connectivity index (χ0v) is 12.3. The summed E-state index contributed by atoms with van der Waals surface area (Å²) in [6, 6.07) is 0.175. The maximum Gasteiger partial charge on any atom is 0.279 e. The molecule has 0 saturated heterocycles. The lowest BCUT2D eigenvalue weighted by molar-refractivity contribution is 0.277. The van der Waals surface area contributed by atoms with E-state index in [0.717, 1.165) is 32.1 Å². The summed E-state index contributed by atoms with van der Waals surface area (Å²) in [6.45, 7) is 5.82. The van der Waals surface area contributed by atoms with Gasteiger partial charge in [0, 0.05) is 18.6 Å². The van der Waals surface area contributed by atoms with Gasteiger partial charge in [-0.2, -0.15) is 17.4 Å². The Kier molecular flexibility index (Phi) is 4.98. The van der Waals surface area contributed by atoms with E-state index in [4.69, 9.17) is 0 Å². The van der Waals surface area contributed by atoms with Gasteiger partial charge in [-0.3, -0.25) is 0 Å². The van der Waals surface area contributed by atoms with Gasteiger partial charge >= 0.3 is 0 Å². The number of hydrogen-bond donors (Lipinski definition) is 1. The van der Waals surface area contributed by atoms with Crippen molar-refractivity contribution in [1.82, 2.24) is 9.03 Å². The Balaban J connectivity index is 2.69. The molecule has 0 heterocycles. The molecule has 4 nitrogen and oxygen atoms in total. The third-order valence-corrected chi connectivity index (χ3v) is 5.62. The van der Waals surface area contributed by atoms with Crippen molar-refractivity contribution in [2.75, 3.05) is 7.05 Å². The first-order valence-electron chi connectivity index (χ1n) is 6.55. The molecule has 17 heavy (non-hydrogen) atoms. The Labute approximate surface area is 106 Å². The summed E-state index contributed by atoms with van der Waals surface area (Å²) < 4.78 is 28.7. The molecule has 0 aliphatic heterocycles. The summed E-state index contributed by atoms with van der Waals surface area (Å²) in [4.78, 5) is 0. The van der Waals surface area contributed by atoms with Crippen LogP contribution in [0.5, 0.6) is 0 Å². The van der Waals surface area contributed by atoms with Crippen LogP contribution in [0.15, 0.2) is 0 Å². The average molecular weight is 262 g/mol. The second-order valence-corrected chi connectivity index (χ2v) is 7.38. The third-order valence-electron chi connectivity index (χ3n) is 3.76. The lowest BCUT2D eigenvalue weighted by Gasteiger charge is -2.33. The third kappa shape index (κ3) is 4.23. The Bertz CT molecular complexity index is 332. The van der Waals surface area contributed by atoms with Crippen LogP contribution in [0.2, 0.25) is 0 Å². The fourth-order valence-corrected chi connectivity index (χ4v) is 3.72. The molecule has 0 unspecified atom stereocenters. The molecule has 1 fully saturated rings. The van der Waals surface area contributed by atoms with Gasteiger partial charge < -0.3 is 0 Å². The molecule has 0 aromatic heterocycles. The summed E-state index contributed by atoms with van der Waals surface area (Å²) in [6.07, 6.45) is 6.28. The zero-order valence-electron chi connectivity index (χ0n) is 11.5. The Morgan fingerprint density at radius 2 is 1.76 bits per heavy atom. The first kappa shape index (κ1) is 14.9. The monoisotopic (exact) mass is 262 g/mol. The van der Waals surface area contributed by atoms with E-state index in [1.54, 1.807) is 7.05 Å². The van der Waals surface area contributed by atoms with Crippen LogP contribution in [0.25, 0.3) is 0 Å². The van der Waals surface area contributed by atoms with Crippen LogP contribution in [-0.2, 0) is 10.2 Å². The van der Waals surface area contributed by atoms with Crippen molar-refractivity contribution in [2.24, 2.45) is 0 Å². The number of rotatable bonds is 5. The fraction of sp³-hybridized carbons (Fsp3) is 1.00. The van der Waals surface area contributed by atoms with Crippen LogP contribution in [-0.4, -0.2) is 31.4 Å². The van der Waals surface area contributed by atoms with Crippen molar-refractivity contribution in [3.8, 4) is 0 Å². The molecule has 0 bridgehead atoms. The van der Waals surface area contributed by atoms with E-state index in [0.29, 0.717) is 0 Å². The Morgan fingerprint density at radius 1 is 1.24 bits per heavy atom. The SMILES string of the molecule is CCC(C)(C)NS(=O)(=O)N(C)C1CCCCC1. The Hall–Kier alpha value is -0.130. The van der Waals surface area contributed by atoms with Crippen molar-refractivity contribution >= 4 is 10.2 Å². The fourth-order valence-electron chi connectivity index (χ4n) is 2.13. The quantitative estimate of drug-likeness (QED) is 0.826. The van der Waals surface area contributed by atoms with Crippen LogP contribution < -0.4 is 4.72 Å². The standard InChI is InChI=1S/C12H26N2O2S/c1-5-12(2,3)13-17(15,16)14(4)11-9-7-6-8-10-11/h11,13H,5-10H2,1-4H3. The van der Waals surface area contributed by atoms with Gasteiger partial charge in [0.1, 0.15) is 0 Å². The van der Waals surface area contributed by atoms with Gasteiger partial charge in [0.05, 0.1) is 0 Å². The molecule has 1 aliphatic carbocycles. The van der Waals surface area contributed by atoms with Crippen molar-refractivity contribution in [3.63, 3.8) is 0 Å². The van der Waals surface area contributed by atoms with Crippen LogP contribution in [0.3, 0.4) is 0 Å². The summed E-state index contributed by atoms with van der Waals surface area (Å²) in [5, 5.41) is 0. The highest BCUT2D eigenvalue weighted by Crippen LogP contribution is 2.23. The molecular weight excluding hydrogens is 236 g/mol. The van der Waals surface area contributed by atoms with Crippen LogP contribution in [0.4, 0.5) is 0 Å². The van der Waals surface area contributed by atoms with Crippen molar-refractivity contribution < 1.29 is 8.42 Å². The molecule has 1 saturated carbocycles. The molecule has 0 atom stereocenters. The number of nitrogens with one attached hydrogen (secondary N) is 1. The van der Waals surface area contributed by atoms with E-state index < -0.39 is 10.2 Å². The van der Waals surface area contributed by atoms with Gasteiger partial charge in [0.25, 0.3) is 10.2 Å². The van der Waals surface area contributed by atoms with Crippen LogP contribution in [0, 0.1) is 0 Å². The molecule has 0 spiro atoms. The van der Waals surface area contributed by atoms with Crippen LogP contribution >= 0.6 is 0 Å². The molecule has 0 radical (unpaired) electrons. The molecule has 1 aliphatic rings. The number of hydrogen-bond acceptors (Lipinski definition) is 2. The second-order valence-electron chi connectivity index (χ2n) is 5.65. The van der Waals surface area contributed by atoms with Crippen molar-refractivity contribution in [1.29, 1.82) is 0 Å². The lowest BCUT2D eigenvalue weighted by Crippen LogP contribution is -2.51. The van der Waals surface area contributed by atoms with Gasteiger partial charge in [0.2, 0.25) is 0 Å². The van der Waals surface area contributed by atoms with Gasteiger partial charge in [0.15, 0.2) is 0 Å². The first-order chi connectivity index (χ1) is 7.78. The molecule has 1 rings (SSSR count). The number of nitrogens with zero attached hydrogens (tertiary/aromatic N) is 1. The normalized spacial score (nSPS) is 19.8. The van der Waals surface area contributed by atoms with Gasteiger partial charge in [-0.05, 0) is 33.1 Å². The molecule has 0 aromatic carbocycles. The molecule has 5 heteroatoms. The summed E-state index contributed by atoms with van der Waals surface area (Å²) in [5.41, 5.74) is -0.373. The Morgan fingerprint density at radius 3 is 2.24 bits per heavy atom. The topological polar surface area (TPSA) is 49.4 Å². The van der Waals surface area contributed by atoms with Gasteiger partial charge in [-0.15, -0.1) is 0 Å². The van der Waals surface area contributed by atoms with E-state index >= 15 is 0 Å². The largest absolute Gasteiger partial charge is 0.279 e. The van der Waals surface area contributed by atoms with E-state index in [2.05, 4.69) is 4.72 Å². The summed E-state index contributed by atoms with van der Waals surface area (Å²) >= 11 is 0. The van der Waals surface area contributed by atoms with Gasteiger partial charge in [-0.25, -0.2) is 0 Å². The highest BCUT2D eigenvalue weighted by atomic mass is 32.2. The molecule has 0 amide bonds. The molecular formula is C12H26N2O2S. The van der Waals surface area contributed by atoms with E-state index in [9.17, 15) is 8.42 Å². The maximum atomic E-state index is 12.2. The van der Waals surface area contributed by atoms with Crippen molar-refractivity contribution in [3.05, 3.63) is 0 Å². The second kappa shape index (κ2) is 5.67. The predicted molar refractivity (Wildman–Crippen MR) is 71.1 cm³/mol. The minimum Gasteiger partial charge on any atom is -0.197 e. The van der Waals surface area contributed by atoms with E-state index in [1.807, 2.05) is 20.8 Å². The molecule has 102 valence electrons. The molecule has 0 aromatic rings. The summed E-state index contributed by atoms with van der Waals surface area (Å²) in [7, 11) is -1.65. The van der Waals surface area contributed by atoms with Gasteiger partial charge in [-0.1, -0.05) is 26.2 Å². The summed E-state index contributed by atoms with van der Waals surface area (Å²) in [5.74, 6) is 0. The minimum absolute atomic E-state index is 0.175. The highest BCUT2D eigenvalue weighted by molar-refractivity contribution is 7.87. The molecule has 1 N–H and O–H groups in total. The smallest absolute Gasteiger partial charge is 0.197 e. The first-order valence-corrected chi connectivity index (χ1v) is 7.99. The predicted octanol–water partition coefficient (Wildman–Crippen LogP) is 2.27. The maximum absolute atomic E-state index is 12.2. The lowest BCUT2D eigenvalue weighted by atomic mass is 9.96. The average Bonchev–Trinajstić information content (AvgIpc) is 2.28.